The van der Waals surface area contributed by atoms with Crippen molar-refractivity contribution in [2.45, 2.75) is 39.0 Å². The summed E-state index contributed by atoms with van der Waals surface area (Å²) in [7, 11) is 3.27. The molecule has 1 aromatic carbocycles. The topological polar surface area (TPSA) is 125 Å². The molecule has 11 nitrogen and oxygen atoms in total. The number of aryl methyl sites for hydroxylation is 2. The Balaban J connectivity index is 1.58. The lowest BCUT2D eigenvalue weighted by Gasteiger charge is -2.34. The molecule has 1 saturated heterocycles. The minimum Gasteiger partial charge on any atom is -0.444 e. The lowest BCUT2D eigenvalue weighted by molar-refractivity contribution is -0.0531. The van der Waals surface area contributed by atoms with Crippen LogP contribution in [0.3, 0.4) is 0 Å². The van der Waals surface area contributed by atoms with E-state index in [4.69, 9.17) is 21.1 Å². The number of hydrogen-bond donors (Lipinski definition) is 2. The van der Waals surface area contributed by atoms with Crippen molar-refractivity contribution in [1.82, 2.24) is 29.0 Å². The van der Waals surface area contributed by atoms with Gasteiger partial charge >= 0.3 is 11.8 Å². The molecule has 4 aromatic rings. The van der Waals surface area contributed by atoms with Crippen molar-refractivity contribution >= 4 is 39.8 Å². The molecule has 0 spiro atoms. The van der Waals surface area contributed by atoms with Crippen LogP contribution in [0.2, 0.25) is 5.02 Å². The van der Waals surface area contributed by atoms with Gasteiger partial charge < -0.3 is 24.3 Å². The molecule has 1 fully saturated rings. The average Bonchev–Trinajstić information content (AvgIpc) is 3.34. The van der Waals surface area contributed by atoms with Crippen molar-refractivity contribution in [2.75, 3.05) is 13.2 Å². The van der Waals surface area contributed by atoms with Gasteiger partial charge in [-0.1, -0.05) is 17.7 Å². The van der Waals surface area contributed by atoms with E-state index in [-0.39, 0.29) is 23.6 Å². The van der Waals surface area contributed by atoms with Gasteiger partial charge in [-0.3, -0.25) is 13.9 Å². The fourth-order valence-corrected chi connectivity index (χ4v) is 4.81. The number of rotatable bonds is 5. The summed E-state index contributed by atoms with van der Waals surface area (Å²) in [6, 6.07) is 6.75. The SMILES string of the molecule is Cn1c(C(NC(=O)OC(C)(C)C)C2COC2)nc2c1c(=O)n(Cc1cc3c(Cl)cccc3[nH]1)c(=O)n2C. The number of amides is 1. The summed E-state index contributed by atoms with van der Waals surface area (Å²) in [6.07, 6.45) is -0.597. The number of ether oxygens (including phenoxy) is 2. The van der Waals surface area contributed by atoms with Crippen molar-refractivity contribution in [1.29, 1.82) is 0 Å². The second-order valence-electron chi connectivity index (χ2n) is 10.4. The lowest BCUT2D eigenvalue weighted by atomic mass is 9.97. The first-order chi connectivity index (χ1) is 17.4. The van der Waals surface area contributed by atoms with E-state index in [9.17, 15) is 14.4 Å². The molecule has 5 rings (SSSR count). The molecule has 1 amide bonds. The lowest BCUT2D eigenvalue weighted by Crippen LogP contribution is -2.45. The molecule has 0 radical (unpaired) electrons. The van der Waals surface area contributed by atoms with Gasteiger partial charge in [0.1, 0.15) is 11.4 Å². The first-order valence-electron chi connectivity index (χ1n) is 11.9. The van der Waals surface area contributed by atoms with E-state index in [2.05, 4.69) is 15.3 Å². The van der Waals surface area contributed by atoms with Crippen molar-refractivity contribution < 1.29 is 14.3 Å². The number of halogens is 1. The molecule has 37 heavy (non-hydrogen) atoms. The van der Waals surface area contributed by atoms with Crippen LogP contribution in [0.25, 0.3) is 22.1 Å². The fraction of sp³-hybridized carbons (Fsp3) is 0.440. The van der Waals surface area contributed by atoms with Crippen LogP contribution in [0, 0.1) is 5.92 Å². The highest BCUT2D eigenvalue weighted by Gasteiger charge is 2.36. The third-order valence-electron chi connectivity index (χ3n) is 6.48. The largest absolute Gasteiger partial charge is 0.444 e. The Bertz CT molecular complexity index is 1640. The summed E-state index contributed by atoms with van der Waals surface area (Å²) in [5.41, 5.74) is 0.305. The first kappa shape index (κ1) is 25.1. The Labute approximate surface area is 216 Å². The molecule has 4 heterocycles. The summed E-state index contributed by atoms with van der Waals surface area (Å²) in [5.74, 6) is 0.384. The highest BCUT2D eigenvalue weighted by Crippen LogP contribution is 2.29. The summed E-state index contributed by atoms with van der Waals surface area (Å²) in [5, 5.41) is 4.27. The van der Waals surface area contributed by atoms with Gasteiger partial charge in [0.25, 0.3) is 5.56 Å². The Morgan fingerprint density at radius 2 is 2.00 bits per heavy atom. The molecule has 1 atom stereocenters. The molecule has 3 aromatic heterocycles. The Kier molecular flexibility index (Phi) is 6.15. The standard InChI is InChI=1S/C25H29ClN6O5/c1-25(2,3)37-23(34)28-18(13-11-36-12-13)20-29-21-19(30(20)4)22(33)32(24(35)31(21)5)10-14-9-15-16(26)7-6-8-17(15)27-14/h6-9,13,18,27H,10-12H2,1-5H3,(H,28,34). The van der Waals surface area contributed by atoms with Crippen LogP contribution in [-0.2, 0) is 30.1 Å². The number of aromatic nitrogens is 5. The number of alkyl carbamates (subject to hydrolysis) is 1. The van der Waals surface area contributed by atoms with Crippen LogP contribution in [0.1, 0.15) is 38.3 Å². The predicted molar refractivity (Wildman–Crippen MR) is 139 cm³/mol. The number of imidazole rings is 1. The van der Waals surface area contributed by atoms with Gasteiger partial charge in [0.2, 0.25) is 0 Å². The van der Waals surface area contributed by atoms with Crippen LogP contribution < -0.4 is 16.6 Å². The second kappa shape index (κ2) is 9.07. The maximum Gasteiger partial charge on any atom is 0.408 e. The van der Waals surface area contributed by atoms with Crippen LogP contribution in [-0.4, -0.2) is 48.6 Å². The summed E-state index contributed by atoms with van der Waals surface area (Å²) in [6.45, 7) is 6.22. The van der Waals surface area contributed by atoms with Gasteiger partial charge in [-0.2, -0.15) is 0 Å². The number of nitrogens with zero attached hydrogens (tertiary/aromatic N) is 4. The monoisotopic (exact) mass is 528 g/mol. The number of carbonyl (C=O) groups is 1. The van der Waals surface area contributed by atoms with Crippen LogP contribution >= 0.6 is 11.6 Å². The van der Waals surface area contributed by atoms with Crippen LogP contribution in [0.5, 0.6) is 0 Å². The maximum atomic E-state index is 13.6. The molecule has 1 aliphatic heterocycles. The van der Waals surface area contributed by atoms with Crippen molar-refractivity contribution in [3.8, 4) is 0 Å². The first-order valence-corrected chi connectivity index (χ1v) is 12.3. The molecular weight excluding hydrogens is 500 g/mol. The minimum atomic E-state index is -0.679. The quantitative estimate of drug-likeness (QED) is 0.410. The zero-order valence-corrected chi connectivity index (χ0v) is 22.0. The number of hydrogen-bond acceptors (Lipinski definition) is 6. The molecule has 0 saturated carbocycles. The molecular formula is C25H29ClN6O5. The van der Waals surface area contributed by atoms with Crippen molar-refractivity contribution in [3.05, 3.63) is 61.6 Å². The highest BCUT2D eigenvalue weighted by atomic mass is 35.5. The number of nitrogens with one attached hydrogen (secondary N) is 2. The zero-order valence-electron chi connectivity index (χ0n) is 21.3. The van der Waals surface area contributed by atoms with Gasteiger partial charge in [-0.05, 0) is 39.0 Å². The number of H-pyrrole nitrogens is 1. The fourth-order valence-electron chi connectivity index (χ4n) is 4.58. The Morgan fingerprint density at radius 3 is 2.62 bits per heavy atom. The number of fused-ring (bicyclic) bond motifs is 2. The molecule has 196 valence electrons. The van der Waals surface area contributed by atoms with E-state index in [1.54, 1.807) is 45.5 Å². The van der Waals surface area contributed by atoms with Gasteiger partial charge in [0, 0.05) is 41.6 Å². The van der Waals surface area contributed by atoms with E-state index in [1.807, 2.05) is 18.2 Å². The molecule has 12 heteroatoms. The third kappa shape index (κ3) is 4.53. The molecule has 1 aliphatic rings. The summed E-state index contributed by atoms with van der Waals surface area (Å²) < 4.78 is 14.9. The highest BCUT2D eigenvalue weighted by molar-refractivity contribution is 6.35. The van der Waals surface area contributed by atoms with E-state index in [1.165, 1.54) is 4.57 Å². The van der Waals surface area contributed by atoms with Gasteiger partial charge in [-0.15, -0.1) is 0 Å². The third-order valence-corrected chi connectivity index (χ3v) is 6.81. The summed E-state index contributed by atoms with van der Waals surface area (Å²) in [4.78, 5) is 47.3. The van der Waals surface area contributed by atoms with Gasteiger partial charge in [0.15, 0.2) is 11.2 Å². The molecule has 2 N–H and O–H groups in total. The van der Waals surface area contributed by atoms with Crippen LogP contribution in [0.4, 0.5) is 4.79 Å². The van der Waals surface area contributed by atoms with Crippen LogP contribution in [0.15, 0.2) is 33.9 Å². The number of aromatic amines is 1. The molecule has 1 unspecified atom stereocenters. The number of benzene rings is 1. The minimum absolute atomic E-state index is 0.0308. The Morgan fingerprint density at radius 1 is 1.27 bits per heavy atom. The molecule has 0 aliphatic carbocycles. The average molecular weight is 529 g/mol. The van der Waals surface area contributed by atoms with E-state index in [0.717, 1.165) is 15.5 Å². The predicted octanol–water partition coefficient (Wildman–Crippen LogP) is 2.83. The zero-order chi connectivity index (χ0) is 26.6. The second-order valence-corrected chi connectivity index (χ2v) is 10.8. The van der Waals surface area contributed by atoms with E-state index in [0.29, 0.717) is 29.8 Å². The Hall–Kier alpha value is -3.57. The number of carbonyl (C=O) groups excluding carboxylic acids is 1. The smallest absolute Gasteiger partial charge is 0.408 e. The van der Waals surface area contributed by atoms with Crippen molar-refractivity contribution in [3.63, 3.8) is 0 Å². The van der Waals surface area contributed by atoms with Gasteiger partial charge in [0.05, 0.1) is 25.8 Å². The molecule has 0 bridgehead atoms. The van der Waals surface area contributed by atoms with E-state index < -0.39 is 29.0 Å². The van der Waals surface area contributed by atoms with E-state index >= 15 is 0 Å². The van der Waals surface area contributed by atoms with Gasteiger partial charge in [-0.25, -0.2) is 14.6 Å². The maximum absolute atomic E-state index is 13.6. The normalized spacial score (nSPS) is 15.2. The van der Waals surface area contributed by atoms with Crippen molar-refractivity contribution in [2.24, 2.45) is 20.0 Å². The summed E-state index contributed by atoms with van der Waals surface area (Å²) >= 11 is 6.29.